The van der Waals surface area contributed by atoms with Crippen LogP contribution in [0.5, 0.6) is 0 Å². The van der Waals surface area contributed by atoms with Crippen molar-refractivity contribution in [3.63, 3.8) is 0 Å². The predicted octanol–water partition coefficient (Wildman–Crippen LogP) is 8.99. The van der Waals surface area contributed by atoms with E-state index in [0.29, 0.717) is 0 Å². The molecule has 0 heterocycles. The van der Waals surface area contributed by atoms with Crippen molar-refractivity contribution in [3.05, 3.63) is 151 Å². The largest absolute Gasteiger partial charge is 0.310 e. The van der Waals surface area contributed by atoms with Crippen molar-refractivity contribution in [2.75, 3.05) is 4.90 Å². The fourth-order valence-electron chi connectivity index (χ4n) is 4.04. The molecule has 0 saturated heterocycles. The summed E-state index contributed by atoms with van der Waals surface area (Å²) in [7, 11) is 0. The molecule has 0 saturated carbocycles. The third-order valence-corrected chi connectivity index (χ3v) is 5.66. The molecule has 0 aliphatic carbocycles. The standard InChI is InChI=1S/C32H25N/c1-4-13-26(14-5-1)23-24-28-17-10-11-22-32(28)33(30-19-8-3-9-20-30)31-21-12-18-29(25-31)27-15-6-2-7-16-27/h1-25H. The van der Waals surface area contributed by atoms with Gasteiger partial charge >= 0.3 is 0 Å². The van der Waals surface area contributed by atoms with Gasteiger partial charge < -0.3 is 4.90 Å². The second-order valence-corrected chi connectivity index (χ2v) is 7.89. The Balaban J connectivity index is 1.62. The number of rotatable bonds is 6. The van der Waals surface area contributed by atoms with E-state index in [-0.39, 0.29) is 0 Å². The van der Waals surface area contributed by atoms with Gasteiger partial charge in [-0.15, -0.1) is 0 Å². The fourth-order valence-corrected chi connectivity index (χ4v) is 4.04. The van der Waals surface area contributed by atoms with Crippen molar-refractivity contribution in [1.29, 1.82) is 0 Å². The Morgan fingerprint density at radius 2 is 1.00 bits per heavy atom. The molecule has 1 heteroatoms. The van der Waals surface area contributed by atoms with Crippen LogP contribution in [-0.2, 0) is 0 Å². The van der Waals surface area contributed by atoms with E-state index in [1.807, 2.05) is 6.07 Å². The topological polar surface area (TPSA) is 3.24 Å². The van der Waals surface area contributed by atoms with Crippen LogP contribution >= 0.6 is 0 Å². The van der Waals surface area contributed by atoms with Crippen molar-refractivity contribution < 1.29 is 0 Å². The zero-order valence-electron chi connectivity index (χ0n) is 18.4. The lowest BCUT2D eigenvalue weighted by Crippen LogP contribution is -2.11. The summed E-state index contributed by atoms with van der Waals surface area (Å²) in [6.45, 7) is 0. The van der Waals surface area contributed by atoms with E-state index >= 15 is 0 Å². The van der Waals surface area contributed by atoms with Crippen molar-refractivity contribution in [3.8, 4) is 11.1 Å². The second kappa shape index (κ2) is 9.84. The summed E-state index contributed by atoms with van der Waals surface area (Å²) >= 11 is 0. The van der Waals surface area contributed by atoms with Gasteiger partial charge in [0.25, 0.3) is 0 Å². The molecule has 0 aliphatic rings. The van der Waals surface area contributed by atoms with Crippen LogP contribution in [0.3, 0.4) is 0 Å². The first-order valence-electron chi connectivity index (χ1n) is 11.2. The Labute approximate surface area is 195 Å². The number of benzene rings is 5. The maximum absolute atomic E-state index is 2.33. The molecule has 0 fully saturated rings. The molecule has 0 aliphatic heterocycles. The lowest BCUT2D eigenvalue weighted by Gasteiger charge is -2.27. The van der Waals surface area contributed by atoms with Gasteiger partial charge in [0.1, 0.15) is 0 Å². The smallest absolute Gasteiger partial charge is 0.0533 e. The normalized spacial score (nSPS) is 10.9. The molecule has 0 unspecified atom stereocenters. The Bertz CT molecular complexity index is 1340. The molecular formula is C32H25N. The van der Waals surface area contributed by atoms with E-state index in [2.05, 4.69) is 151 Å². The van der Waals surface area contributed by atoms with E-state index < -0.39 is 0 Å². The molecular weight excluding hydrogens is 398 g/mol. The van der Waals surface area contributed by atoms with Crippen molar-refractivity contribution in [2.24, 2.45) is 0 Å². The molecule has 158 valence electrons. The molecule has 0 atom stereocenters. The van der Waals surface area contributed by atoms with Gasteiger partial charge in [-0.05, 0) is 52.6 Å². The molecule has 33 heavy (non-hydrogen) atoms. The van der Waals surface area contributed by atoms with Crippen molar-refractivity contribution >= 4 is 29.2 Å². The molecule has 0 amide bonds. The summed E-state index contributed by atoms with van der Waals surface area (Å²) in [5.41, 5.74) is 8.16. The summed E-state index contributed by atoms with van der Waals surface area (Å²) in [6, 6.07) is 48.8. The molecule has 5 aromatic rings. The highest BCUT2D eigenvalue weighted by molar-refractivity contribution is 5.86. The molecule has 0 bridgehead atoms. The summed E-state index contributed by atoms with van der Waals surface area (Å²) in [5.74, 6) is 0. The van der Waals surface area contributed by atoms with E-state index in [9.17, 15) is 0 Å². The monoisotopic (exact) mass is 423 g/mol. The van der Waals surface area contributed by atoms with Crippen LogP contribution in [0, 0.1) is 0 Å². The zero-order chi connectivity index (χ0) is 22.3. The average molecular weight is 424 g/mol. The highest BCUT2D eigenvalue weighted by Crippen LogP contribution is 2.38. The SMILES string of the molecule is C(=Cc1ccccc1N(c1ccccc1)c1cccc(-c2ccccc2)c1)c1ccccc1. The van der Waals surface area contributed by atoms with Gasteiger partial charge in [-0.2, -0.15) is 0 Å². The van der Waals surface area contributed by atoms with Gasteiger partial charge in [-0.3, -0.25) is 0 Å². The van der Waals surface area contributed by atoms with Crippen LogP contribution in [0.2, 0.25) is 0 Å². The van der Waals surface area contributed by atoms with Crippen LogP contribution in [0.4, 0.5) is 17.1 Å². The summed E-state index contributed by atoms with van der Waals surface area (Å²) < 4.78 is 0. The van der Waals surface area contributed by atoms with Gasteiger partial charge in [-0.25, -0.2) is 0 Å². The second-order valence-electron chi connectivity index (χ2n) is 7.89. The van der Waals surface area contributed by atoms with Crippen LogP contribution in [0.1, 0.15) is 11.1 Å². The zero-order valence-corrected chi connectivity index (χ0v) is 18.4. The Hall–Kier alpha value is -4.36. The van der Waals surface area contributed by atoms with E-state index in [0.717, 1.165) is 22.6 Å². The molecule has 0 radical (unpaired) electrons. The van der Waals surface area contributed by atoms with Gasteiger partial charge in [0, 0.05) is 11.4 Å². The minimum absolute atomic E-state index is 1.13. The van der Waals surface area contributed by atoms with Gasteiger partial charge in [0.15, 0.2) is 0 Å². The third kappa shape index (κ3) is 4.78. The summed E-state index contributed by atoms with van der Waals surface area (Å²) in [5, 5.41) is 0. The van der Waals surface area contributed by atoms with Gasteiger partial charge in [-0.1, -0.05) is 121 Å². The van der Waals surface area contributed by atoms with Crippen molar-refractivity contribution in [2.45, 2.75) is 0 Å². The number of nitrogens with zero attached hydrogens (tertiary/aromatic N) is 1. The third-order valence-electron chi connectivity index (χ3n) is 5.66. The first kappa shape index (κ1) is 20.5. The Morgan fingerprint density at radius 3 is 1.76 bits per heavy atom. The Morgan fingerprint density at radius 1 is 0.424 bits per heavy atom. The summed E-state index contributed by atoms with van der Waals surface area (Å²) in [4.78, 5) is 2.33. The minimum Gasteiger partial charge on any atom is -0.310 e. The molecule has 0 spiro atoms. The van der Waals surface area contributed by atoms with Crippen molar-refractivity contribution in [1.82, 2.24) is 0 Å². The van der Waals surface area contributed by atoms with Crippen LogP contribution in [0.25, 0.3) is 23.3 Å². The van der Waals surface area contributed by atoms with Crippen LogP contribution in [-0.4, -0.2) is 0 Å². The highest BCUT2D eigenvalue weighted by atomic mass is 15.1. The lowest BCUT2D eigenvalue weighted by molar-refractivity contribution is 1.28. The van der Waals surface area contributed by atoms with E-state index in [1.165, 1.54) is 16.7 Å². The predicted molar refractivity (Wildman–Crippen MR) is 142 cm³/mol. The molecule has 0 aromatic heterocycles. The number of anilines is 3. The first-order valence-corrected chi connectivity index (χ1v) is 11.2. The number of para-hydroxylation sites is 2. The highest BCUT2D eigenvalue weighted by Gasteiger charge is 2.15. The Kier molecular flexibility index (Phi) is 6.13. The molecule has 0 N–H and O–H groups in total. The average Bonchev–Trinajstić information content (AvgIpc) is 2.90. The maximum atomic E-state index is 2.33. The lowest BCUT2D eigenvalue weighted by atomic mass is 10.0. The van der Waals surface area contributed by atoms with Gasteiger partial charge in [0.05, 0.1) is 5.69 Å². The quantitative estimate of drug-likeness (QED) is 0.246. The van der Waals surface area contributed by atoms with E-state index in [4.69, 9.17) is 0 Å². The van der Waals surface area contributed by atoms with Crippen LogP contribution < -0.4 is 4.90 Å². The minimum atomic E-state index is 1.13. The molecule has 1 nitrogen and oxygen atoms in total. The maximum Gasteiger partial charge on any atom is 0.0533 e. The fraction of sp³-hybridized carbons (Fsp3) is 0. The molecule has 5 aromatic carbocycles. The summed E-state index contributed by atoms with van der Waals surface area (Å²) in [6.07, 6.45) is 4.37. The first-order chi connectivity index (χ1) is 16.4. The van der Waals surface area contributed by atoms with Gasteiger partial charge in [0.2, 0.25) is 0 Å². The van der Waals surface area contributed by atoms with E-state index in [1.54, 1.807) is 0 Å². The number of hydrogen-bond acceptors (Lipinski definition) is 1. The number of hydrogen-bond donors (Lipinski definition) is 0. The van der Waals surface area contributed by atoms with Crippen LogP contribution in [0.15, 0.2) is 140 Å². The molecule has 5 rings (SSSR count).